The van der Waals surface area contributed by atoms with E-state index in [1.165, 1.54) is 12.1 Å². The zero-order valence-corrected chi connectivity index (χ0v) is 14.0. The maximum Gasteiger partial charge on any atom is 0.336 e. The topological polar surface area (TPSA) is 103 Å². The first-order chi connectivity index (χ1) is 13.1. The third-order valence-electron chi connectivity index (χ3n) is 3.73. The molecule has 3 aromatic rings. The molecule has 0 spiro atoms. The summed E-state index contributed by atoms with van der Waals surface area (Å²) in [6.45, 7) is 0. The van der Waals surface area contributed by atoms with Crippen LogP contribution in [0.4, 0.5) is 5.69 Å². The van der Waals surface area contributed by atoms with Gasteiger partial charge >= 0.3 is 5.97 Å². The lowest BCUT2D eigenvalue weighted by Crippen LogP contribution is -2.13. The van der Waals surface area contributed by atoms with Crippen molar-refractivity contribution in [2.24, 2.45) is 0 Å². The lowest BCUT2D eigenvalue weighted by molar-refractivity contribution is -0.112. The van der Waals surface area contributed by atoms with Gasteiger partial charge in [-0.1, -0.05) is 36.4 Å². The van der Waals surface area contributed by atoms with Crippen LogP contribution in [0.25, 0.3) is 17.4 Å². The molecule has 0 saturated carbocycles. The highest BCUT2D eigenvalue weighted by atomic mass is 16.4. The predicted molar refractivity (Wildman–Crippen MR) is 99.8 cm³/mol. The van der Waals surface area contributed by atoms with E-state index < -0.39 is 11.9 Å². The molecule has 0 radical (unpaired) electrons. The van der Waals surface area contributed by atoms with Crippen LogP contribution in [0.15, 0.2) is 76.7 Å². The highest BCUT2D eigenvalue weighted by Crippen LogP contribution is 2.27. The molecule has 0 aliphatic carbocycles. The molecule has 0 saturated heterocycles. The van der Waals surface area contributed by atoms with Crippen molar-refractivity contribution in [1.29, 1.82) is 5.26 Å². The van der Waals surface area contributed by atoms with Crippen molar-refractivity contribution < 1.29 is 19.1 Å². The van der Waals surface area contributed by atoms with Crippen molar-refractivity contribution in [2.45, 2.75) is 0 Å². The van der Waals surface area contributed by atoms with Crippen LogP contribution < -0.4 is 5.32 Å². The van der Waals surface area contributed by atoms with E-state index >= 15 is 0 Å². The largest absolute Gasteiger partial charge is 0.478 e. The van der Waals surface area contributed by atoms with Crippen molar-refractivity contribution >= 4 is 23.6 Å². The van der Waals surface area contributed by atoms with E-state index in [4.69, 9.17) is 4.42 Å². The van der Waals surface area contributed by atoms with E-state index in [-0.39, 0.29) is 16.9 Å². The molecule has 2 N–H and O–H groups in total. The van der Waals surface area contributed by atoms with Crippen LogP contribution in [0.1, 0.15) is 16.1 Å². The number of amides is 1. The average Bonchev–Trinajstić information content (AvgIpc) is 3.15. The summed E-state index contributed by atoms with van der Waals surface area (Å²) in [5, 5.41) is 21.2. The minimum atomic E-state index is -1.07. The lowest BCUT2D eigenvalue weighted by Gasteiger charge is -2.03. The summed E-state index contributed by atoms with van der Waals surface area (Å²) in [6, 6.07) is 20.2. The monoisotopic (exact) mass is 358 g/mol. The highest BCUT2D eigenvalue weighted by molar-refractivity contribution is 6.09. The standard InChI is InChI=1S/C21H14N2O4/c22-13-14(20(24)23-15-6-2-1-3-7-15)12-16-10-11-19(27-16)17-8-4-5-9-18(17)21(25)26/h1-12H,(H,23,24)(H,25,26)/b14-12-. The van der Waals surface area contributed by atoms with Crippen LogP contribution in [0.5, 0.6) is 0 Å². The van der Waals surface area contributed by atoms with Gasteiger partial charge in [0.05, 0.1) is 5.56 Å². The number of nitrogens with one attached hydrogen (secondary N) is 1. The normalized spacial score (nSPS) is 10.9. The van der Waals surface area contributed by atoms with Gasteiger partial charge in [-0.3, -0.25) is 4.79 Å². The number of para-hydroxylation sites is 1. The molecule has 0 aliphatic rings. The molecule has 2 aromatic carbocycles. The predicted octanol–water partition coefficient (Wildman–Crippen LogP) is 4.19. The third kappa shape index (κ3) is 4.11. The Labute approximate surface area is 155 Å². The van der Waals surface area contributed by atoms with Gasteiger partial charge in [0.2, 0.25) is 0 Å². The number of nitrogens with zero attached hydrogens (tertiary/aromatic N) is 1. The first-order valence-electron chi connectivity index (χ1n) is 7.99. The maximum absolute atomic E-state index is 12.2. The second-order valence-electron chi connectivity index (χ2n) is 5.54. The zero-order chi connectivity index (χ0) is 19.2. The Morgan fingerprint density at radius 1 is 1.00 bits per heavy atom. The molecule has 1 amide bonds. The molecule has 6 heteroatoms. The van der Waals surface area contributed by atoms with Crippen molar-refractivity contribution in [2.75, 3.05) is 5.32 Å². The lowest BCUT2D eigenvalue weighted by atomic mass is 10.1. The average molecular weight is 358 g/mol. The second kappa shape index (κ2) is 7.85. The molecule has 0 fully saturated rings. The van der Waals surface area contributed by atoms with E-state index in [1.807, 2.05) is 12.1 Å². The SMILES string of the molecule is N#C/C(=C/c1ccc(-c2ccccc2C(=O)O)o1)C(=O)Nc1ccccc1. The molecule has 132 valence electrons. The van der Waals surface area contributed by atoms with Gasteiger partial charge in [0, 0.05) is 17.3 Å². The molecule has 1 heterocycles. The van der Waals surface area contributed by atoms with Gasteiger partial charge in [0.25, 0.3) is 5.91 Å². The van der Waals surface area contributed by atoms with Crippen molar-refractivity contribution in [3.8, 4) is 17.4 Å². The van der Waals surface area contributed by atoms with E-state index in [0.29, 0.717) is 17.0 Å². The third-order valence-corrected chi connectivity index (χ3v) is 3.73. The molecule has 6 nitrogen and oxygen atoms in total. The summed E-state index contributed by atoms with van der Waals surface area (Å²) in [7, 11) is 0. The van der Waals surface area contributed by atoms with E-state index in [1.54, 1.807) is 54.6 Å². The quantitative estimate of drug-likeness (QED) is 0.526. The summed E-state index contributed by atoms with van der Waals surface area (Å²) in [4.78, 5) is 23.6. The van der Waals surface area contributed by atoms with Crippen LogP contribution in [-0.4, -0.2) is 17.0 Å². The van der Waals surface area contributed by atoms with Crippen molar-refractivity contribution in [1.82, 2.24) is 0 Å². The first kappa shape index (κ1) is 17.7. The molecule has 0 bridgehead atoms. The van der Waals surface area contributed by atoms with Gasteiger partial charge in [0.1, 0.15) is 23.2 Å². The van der Waals surface area contributed by atoms with Crippen molar-refractivity contribution in [3.05, 3.63) is 83.6 Å². The van der Waals surface area contributed by atoms with Gasteiger partial charge in [-0.05, 0) is 30.3 Å². The van der Waals surface area contributed by atoms with Gasteiger partial charge in [0.15, 0.2) is 0 Å². The number of nitriles is 1. The van der Waals surface area contributed by atoms with E-state index in [9.17, 15) is 20.0 Å². The highest BCUT2D eigenvalue weighted by Gasteiger charge is 2.15. The molecule has 0 aliphatic heterocycles. The van der Waals surface area contributed by atoms with Gasteiger partial charge in [-0.25, -0.2) is 4.79 Å². The Morgan fingerprint density at radius 2 is 1.70 bits per heavy atom. The fourth-order valence-electron chi connectivity index (χ4n) is 2.47. The van der Waals surface area contributed by atoms with Gasteiger partial charge < -0.3 is 14.8 Å². The van der Waals surface area contributed by atoms with Crippen LogP contribution in [0, 0.1) is 11.3 Å². The Balaban J connectivity index is 1.86. The molecule has 0 atom stereocenters. The Bertz CT molecular complexity index is 1060. The fourth-order valence-corrected chi connectivity index (χ4v) is 2.47. The number of furan rings is 1. The van der Waals surface area contributed by atoms with Crippen LogP contribution in [0.3, 0.4) is 0 Å². The summed E-state index contributed by atoms with van der Waals surface area (Å²) < 4.78 is 5.62. The molecule has 27 heavy (non-hydrogen) atoms. The molecular formula is C21H14N2O4. The maximum atomic E-state index is 12.2. The number of aromatic carboxylic acids is 1. The first-order valence-corrected chi connectivity index (χ1v) is 7.99. The van der Waals surface area contributed by atoms with Crippen LogP contribution in [-0.2, 0) is 4.79 Å². The summed E-state index contributed by atoms with van der Waals surface area (Å²) in [6.07, 6.45) is 1.31. The summed E-state index contributed by atoms with van der Waals surface area (Å²) >= 11 is 0. The number of hydrogen-bond donors (Lipinski definition) is 2. The molecule has 0 unspecified atom stereocenters. The molecular weight excluding hydrogens is 344 g/mol. The summed E-state index contributed by atoms with van der Waals surface area (Å²) in [5.74, 6) is -1.03. The minimum Gasteiger partial charge on any atom is -0.478 e. The van der Waals surface area contributed by atoms with Gasteiger partial charge in [-0.15, -0.1) is 0 Å². The Hall–Kier alpha value is -4.11. The number of carboxylic acid groups (broad SMARTS) is 1. The van der Waals surface area contributed by atoms with Crippen LogP contribution in [0.2, 0.25) is 0 Å². The zero-order valence-electron chi connectivity index (χ0n) is 14.0. The minimum absolute atomic E-state index is 0.102. The number of carbonyl (C=O) groups is 2. The number of carboxylic acids is 1. The van der Waals surface area contributed by atoms with E-state index in [0.717, 1.165) is 0 Å². The Kier molecular flexibility index (Phi) is 5.15. The number of rotatable bonds is 5. The summed E-state index contributed by atoms with van der Waals surface area (Å²) in [5.41, 5.74) is 0.951. The van der Waals surface area contributed by atoms with Crippen molar-refractivity contribution in [3.63, 3.8) is 0 Å². The number of hydrogen-bond acceptors (Lipinski definition) is 4. The second-order valence-corrected chi connectivity index (χ2v) is 5.54. The molecule has 3 rings (SSSR count). The van der Waals surface area contributed by atoms with Gasteiger partial charge in [-0.2, -0.15) is 5.26 Å². The molecule has 1 aromatic heterocycles. The number of anilines is 1. The Morgan fingerprint density at radius 3 is 2.41 bits per heavy atom. The number of carbonyl (C=O) groups excluding carboxylic acids is 1. The fraction of sp³-hybridized carbons (Fsp3) is 0. The van der Waals surface area contributed by atoms with E-state index in [2.05, 4.69) is 5.32 Å². The number of benzene rings is 2. The van der Waals surface area contributed by atoms with Crippen LogP contribution >= 0.6 is 0 Å². The smallest absolute Gasteiger partial charge is 0.336 e.